The molecule has 0 aliphatic rings. The van der Waals surface area contributed by atoms with Crippen LogP contribution in [0.3, 0.4) is 0 Å². The Bertz CT molecular complexity index is 643. The third-order valence-electron chi connectivity index (χ3n) is 2.54. The summed E-state index contributed by atoms with van der Waals surface area (Å²) in [5.41, 5.74) is 6.34. The van der Waals surface area contributed by atoms with Crippen LogP contribution in [0, 0.1) is 11.6 Å². The molecule has 0 amide bonds. The molecule has 0 fully saturated rings. The van der Waals surface area contributed by atoms with Crippen molar-refractivity contribution in [2.75, 3.05) is 0 Å². The summed E-state index contributed by atoms with van der Waals surface area (Å²) in [7, 11) is 0. The lowest BCUT2D eigenvalue weighted by atomic mass is 10.2. The minimum Gasteiger partial charge on any atom is -0.488 e. The molecule has 0 radical (unpaired) electrons. The van der Waals surface area contributed by atoms with E-state index in [1.54, 1.807) is 18.2 Å². The molecular formula is C14H10ClF2NOS. The lowest BCUT2D eigenvalue weighted by Gasteiger charge is -2.12. The van der Waals surface area contributed by atoms with Gasteiger partial charge in [-0.15, -0.1) is 0 Å². The van der Waals surface area contributed by atoms with Crippen LogP contribution in [0.2, 0.25) is 5.02 Å². The molecule has 0 heterocycles. The summed E-state index contributed by atoms with van der Waals surface area (Å²) in [6.07, 6.45) is 0. The monoisotopic (exact) mass is 313 g/mol. The second-order valence-electron chi connectivity index (χ2n) is 4.04. The van der Waals surface area contributed by atoms with Crippen molar-refractivity contribution in [2.45, 2.75) is 6.61 Å². The molecule has 2 aromatic carbocycles. The van der Waals surface area contributed by atoms with E-state index in [4.69, 9.17) is 34.3 Å². The molecular weight excluding hydrogens is 304 g/mol. The van der Waals surface area contributed by atoms with Crippen molar-refractivity contribution in [1.82, 2.24) is 0 Å². The van der Waals surface area contributed by atoms with Gasteiger partial charge in [-0.05, 0) is 29.8 Å². The summed E-state index contributed by atoms with van der Waals surface area (Å²) in [5.74, 6) is -0.955. The second kappa shape index (κ2) is 6.15. The fraction of sp³-hybridized carbons (Fsp3) is 0.0714. The SMILES string of the molecule is NC(=S)c1c(Cl)cccc1OCc1cc(F)cc(F)c1. The predicted molar refractivity (Wildman–Crippen MR) is 78.0 cm³/mol. The first-order valence-electron chi connectivity index (χ1n) is 5.63. The number of nitrogens with two attached hydrogens (primary N) is 1. The molecule has 6 heteroatoms. The quantitative estimate of drug-likeness (QED) is 0.871. The van der Waals surface area contributed by atoms with Crippen molar-refractivity contribution < 1.29 is 13.5 Å². The zero-order valence-corrected chi connectivity index (χ0v) is 11.8. The number of rotatable bonds is 4. The first kappa shape index (κ1) is 14.7. The maximum Gasteiger partial charge on any atom is 0.131 e. The van der Waals surface area contributed by atoms with Crippen molar-refractivity contribution in [2.24, 2.45) is 5.73 Å². The molecule has 104 valence electrons. The van der Waals surface area contributed by atoms with Crippen LogP contribution in [0.5, 0.6) is 5.75 Å². The molecule has 2 N–H and O–H groups in total. The summed E-state index contributed by atoms with van der Waals surface area (Å²) in [5, 5.41) is 0.362. The smallest absolute Gasteiger partial charge is 0.131 e. The maximum absolute atomic E-state index is 13.1. The first-order valence-corrected chi connectivity index (χ1v) is 6.42. The number of ether oxygens (including phenoxy) is 1. The number of halogens is 3. The third-order valence-corrected chi connectivity index (χ3v) is 3.06. The van der Waals surface area contributed by atoms with E-state index in [0.717, 1.165) is 6.07 Å². The molecule has 0 atom stereocenters. The minimum absolute atomic E-state index is 0.0232. The average molecular weight is 314 g/mol. The Morgan fingerprint density at radius 3 is 2.45 bits per heavy atom. The fourth-order valence-electron chi connectivity index (χ4n) is 1.72. The van der Waals surface area contributed by atoms with Gasteiger partial charge in [0.05, 0.1) is 10.6 Å². The van der Waals surface area contributed by atoms with Crippen LogP contribution in [0.4, 0.5) is 8.78 Å². The summed E-state index contributed by atoms with van der Waals surface area (Å²) in [6.45, 7) is -0.0232. The maximum atomic E-state index is 13.1. The van der Waals surface area contributed by atoms with Crippen LogP contribution in [0.1, 0.15) is 11.1 Å². The zero-order valence-electron chi connectivity index (χ0n) is 10.2. The largest absolute Gasteiger partial charge is 0.488 e. The lowest BCUT2D eigenvalue weighted by Crippen LogP contribution is -2.12. The van der Waals surface area contributed by atoms with Crippen molar-refractivity contribution >= 4 is 28.8 Å². The zero-order chi connectivity index (χ0) is 14.7. The second-order valence-corrected chi connectivity index (χ2v) is 4.89. The Morgan fingerprint density at radius 1 is 1.20 bits per heavy atom. The Balaban J connectivity index is 2.23. The van der Waals surface area contributed by atoms with Crippen molar-refractivity contribution in [1.29, 1.82) is 0 Å². The molecule has 0 aromatic heterocycles. The van der Waals surface area contributed by atoms with E-state index >= 15 is 0 Å². The number of thiocarbonyl (C=S) groups is 1. The summed E-state index contributed by atoms with van der Waals surface area (Å²) in [6, 6.07) is 8.11. The van der Waals surface area contributed by atoms with Crippen molar-refractivity contribution in [3.8, 4) is 5.75 Å². The van der Waals surface area contributed by atoms with Gasteiger partial charge in [0.1, 0.15) is 29.0 Å². The molecule has 0 saturated heterocycles. The van der Waals surface area contributed by atoms with Crippen LogP contribution < -0.4 is 10.5 Å². The van der Waals surface area contributed by atoms with E-state index in [0.29, 0.717) is 21.9 Å². The molecule has 2 rings (SSSR count). The van der Waals surface area contributed by atoms with Gasteiger partial charge in [0.15, 0.2) is 0 Å². The van der Waals surface area contributed by atoms with Crippen molar-refractivity contribution in [3.63, 3.8) is 0 Å². The third kappa shape index (κ3) is 3.43. The van der Waals surface area contributed by atoms with Crippen LogP contribution in [0.25, 0.3) is 0 Å². The van der Waals surface area contributed by atoms with Crippen molar-refractivity contribution in [3.05, 3.63) is 64.2 Å². The topological polar surface area (TPSA) is 35.2 Å². The minimum atomic E-state index is -0.663. The number of hydrogen-bond acceptors (Lipinski definition) is 2. The Kier molecular flexibility index (Phi) is 4.52. The van der Waals surface area contributed by atoms with E-state index < -0.39 is 11.6 Å². The standard InChI is InChI=1S/C14H10ClF2NOS/c15-11-2-1-3-12(13(11)14(18)20)19-7-8-4-9(16)6-10(17)5-8/h1-6H,7H2,(H2,18,20). The van der Waals surface area contributed by atoms with Crippen LogP contribution in [0.15, 0.2) is 36.4 Å². The van der Waals surface area contributed by atoms with Gasteiger partial charge in [-0.25, -0.2) is 8.78 Å². The van der Waals surface area contributed by atoms with Gasteiger partial charge < -0.3 is 10.5 Å². The van der Waals surface area contributed by atoms with E-state index in [-0.39, 0.29) is 11.6 Å². The highest BCUT2D eigenvalue weighted by atomic mass is 35.5. The van der Waals surface area contributed by atoms with Crippen LogP contribution in [-0.2, 0) is 6.61 Å². The van der Waals surface area contributed by atoms with E-state index in [2.05, 4.69) is 0 Å². The summed E-state index contributed by atoms with van der Waals surface area (Å²) >= 11 is 10.9. The van der Waals surface area contributed by atoms with E-state index in [1.807, 2.05) is 0 Å². The molecule has 0 aliphatic heterocycles. The Morgan fingerprint density at radius 2 is 1.85 bits per heavy atom. The molecule has 2 aromatic rings. The molecule has 20 heavy (non-hydrogen) atoms. The molecule has 0 aliphatic carbocycles. The predicted octanol–water partition coefficient (Wildman–Crippen LogP) is 3.83. The van der Waals surface area contributed by atoms with Gasteiger partial charge >= 0.3 is 0 Å². The number of hydrogen-bond donors (Lipinski definition) is 1. The van der Waals surface area contributed by atoms with E-state index in [1.165, 1.54) is 12.1 Å². The average Bonchev–Trinajstić information content (AvgIpc) is 2.34. The molecule has 0 saturated carbocycles. The van der Waals surface area contributed by atoms with Gasteiger partial charge in [-0.3, -0.25) is 0 Å². The van der Waals surface area contributed by atoms with Gasteiger partial charge in [-0.2, -0.15) is 0 Å². The van der Waals surface area contributed by atoms with Gasteiger partial charge in [-0.1, -0.05) is 29.9 Å². The van der Waals surface area contributed by atoms with Gasteiger partial charge in [0, 0.05) is 6.07 Å². The Hall–Kier alpha value is -1.72. The highest BCUT2D eigenvalue weighted by Gasteiger charge is 2.11. The number of benzene rings is 2. The molecule has 0 spiro atoms. The highest BCUT2D eigenvalue weighted by Crippen LogP contribution is 2.27. The summed E-state index contributed by atoms with van der Waals surface area (Å²) in [4.78, 5) is 0.0935. The van der Waals surface area contributed by atoms with Gasteiger partial charge in [0.25, 0.3) is 0 Å². The normalized spacial score (nSPS) is 10.3. The van der Waals surface area contributed by atoms with E-state index in [9.17, 15) is 8.78 Å². The summed E-state index contributed by atoms with van der Waals surface area (Å²) < 4.78 is 31.6. The van der Waals surface area contributed by atoms with Gasteiger partial charge in [0.2, 0.25) is 0 Å². The first-order chi connectivity index (χ1) is 9.47. The lowest BCUT2D eigenvalue weighted by molar-refractivity contribution is 0.304. The molecule has 0 unspecified atom stereocenters. The molecule has 0 bridgehead atoms. The fourth-order valence-corrected chi connectivity index (χ4v) is 2.25. The Labute approximate surface area is 125 Å². The van der Waals surface area contributed by atoms with Crippen LogP contribution >= 0.6 is 23.8 Å². The highest BCUT2D eigenvalue weighted by molar-refractivity contribution is 7.80. The molecule has 2 nitrogen and oxygen atoms in total. The van der Waals surface area contributed by atoms with Crippen LogP contribution in [-0.4, -0.2) is 4.99 Å².